The number of benzene rings is 2. The van der Waals surface area contributed by atoms with Crippen LogP contribution in [-0.2, 0) is 16.1 Å². The molecule has 2 rings (SSSR count). The maximum atomic E-state index is 11.8. The van der Waals surface area contributed by atoms with E-state index in [1.54, 1.807) is 31.2 Å². The summed E-state index contributed by atoms with van der Waals surface area (Å²) in [6.07, 6.45) is 1.40. The van der Waals surface area contributed by atoms with E-state index in [2.05, 4.69) is 0 Å². The predicted octanol–water partition coefficient (Wildman–Crippen LogP) is 5.44. The monoisotopic (exact) mass is 419 g/mol. The van der Waals surface area contributed by atoms with Gasteiger partial charge in [0, 0.05) is 5.02 Å². The largest absolute Gasteiger partial charge is 0.490 e. The van der Waals surface area contributed by atoms with Crippen molar-refractivity contribution in [2.24, 2.45) is 0 Å². The fraction of sp³-hybridized carbons (Fsp3) is 0.238. The Kier molecular flexibility index (Phi) is 8.19. The minimum atomic E-state index is -0.692. The van der Waals surface area contributed by atoms with Gasteiger partial charge in [-0.15, -0.1) is 0 Å². The normalized spacial score (nSPS) is 10.9. The zero-order chi connectivity index (χ0) is 20.5. The smallest absolute Gasteiger partial charge is 0.348 e. The quantitative estimate of drug-likeness (QED) is 0.323. The van der Waals surface area contributed by atoms with Crippen molar-refractivity contribution in [2.45, 2.75) is 20.5 Å². The van der Waals surface area contributed by atoms with Crippen LogP contribution < -0.4 is 9.47 Å². The molecule has 28 heavy (non-hydrogen) atoms. The lowest BCUT2D eigenvalue weighted by atomic mass is 10.1. The molecule has 146 valence electrons. The highest BCUT2D eigenvalue weighted by Gasteiger charge is 2.15. The van der Waals surface area contributed by atoms with Crippen LogP contribution in [0.1, 0.15) is 25.0 Å². The molecule has 0 aromatic heterocycles. The van der Waals surface area contributed by atoms with E-state index in [4.69, 9.17) is 37.4 Å². The Morgan fingerprint density at radius 2 is 1.82 bits per heavy atom. The molecule has 0 aliphatic rings. The third-order valence-electron chi connectivity index (χ3n) is 3.55. The first-order valence-electron chi connectivity index (χ1n) is 8.61. The molecule has 0 fully saturated rings. The summed E-state index contributed by atoms with van der Waals surface area (Å²) in [5.74, 6) is 0.101. The van der Waals surface area contributed by atoms with Crippen LogP contribution >= 0.6 is 23.2 Å². The van der Waals surface area contributed by atoms with Gasteiger partial charge in [0.05, 0.1) is 18.2 Å². The molecule has 0 atom stereocenters. The van der Waals surface area contributed by atoms with Crippen LogP contribution in [0.3, 0.4) is 0 Å². The van der Waals surface area contributed by atoms with Crippen LogP contribution in [0, 0.1) is 11.3 Å². The van der Waals surface area contributed by atoms with E-state index < -0.39 is 5.97 Å². The van der Waals surface area contributed by atoms with E-state index in [9.17, 15) is 10.1 Å². The standard InChI is InChI=1S/C21H19Cl2NO4/c1-3-26-19-11-15(9-16(12-24)21(25)27-4-2)10-18(23)20(19)28-13-14-5-7-17(22)8-6-14/h5-11H,3-4,13H2,1-2H3/b16-9+. The number of halogens is 2. The summed E-state index contributed by atoms with van der Waals surface area (Å²) in [5.41, 5.74) is 1.31. The zero-order valence-electron chi connectivity index (χ0n) is 15.5. The number of ether oxygens (including phenoxy) is 3. The second-order valence-electron chi connectivity index (χ2n) is 5.57. The fourth-order valence-corrected chi connectivity index (χ4v) is 2.72. The number of carbonyl (C=O) groups excluding carboxylic acids is 1. The van der Waals surface area contributed by atoms with Crippen molar-refractivity contribution in [1.29, 1.82) is 5.26 Å². The first kappa shape index (κ1) is 21.6. The highest BCUT2D eigenvalue weighted by atomic mass is 35.5. The molecule has 7 heteroatoms. The summed E-state index contributed by atoms with van der Waals surface area (Å²) in [6, 6.07) is 12.3. The molecule has 0 unspecified atom stereocenters. The van der Waals surface area contributed by atoms with E-state index in [0.717, 1.165) is 5.56 Å². The summed E-state index contributed by atoms with van der Waals surface area (Å²) >= 11 is 12.3. The van der Waals surface area contributed by atoms with Gasteiger partial charge in [-0.3, -0.25) is 0 Å². The van der Waals surface area contributed by atoms with Crippen molar-refractivity contribution in [2.75, 3.05) is 13.2 Å². The van der Waals surface area contributed by atoms with Gasteiger partial charge in [-0.2, -0.15) is 5.26 Å². The van der Waals surface area contributed by atoms with E-state index >= 15 is 0 Å². The Morgan fingerprint density at radius 3 is 2.43 bits per heavy atom. The molecule has 5 nitrogen and oxygen atoms in total. The molecule has 0 heterocycles. The van der Waals surface area contributed by atoms with Crippen LogP contribution in [0.2, 0.25) is 10.0 Å². The van der Waals surface area contributed by atoms with Crippen LogP contribution in [0.4, 0.5) is 0 Å². The maximum Gasteiger partial charge on any atom is 0.348 e. The molecule has 0 aliphatic heterocycles. The van der Waals surface area contributed by atoms with E-state index in [-0.39, 0.29) is 18.8 Å². The molecule has 0 saturated carbocycles. The minimum absolute atomic E-state index is 0.129. The number of rotatable bonds is 8. The number of hydrogen-bond acceptors (Lipinski definition) is 5. The minimum Gasteiger partial charge on any atom is -0.490 e. The van der Waals surface area contributed by atoms with Gasteiger partial charge in [0.1, 0.15) is 18.2 Å². The average molecular weight is 420 g/mol. The summed E-state index contributed by atoms with van der Waals surface area (Å²) in [6.45, 7) is 4.35. The van der Waals surface area contributed by atoms with Crippen LogP contribution in [0.5, 0.6) is 11.5 Å². The third-order valence-corrected chi connectivity index (χ3v) is 4.09. The van der Waals surface area contributed by atoms with Crippen molar-refractivity contribution < 1.29 is 19.0 Å². The van der Waals surface area contributed by atoms with Gasteiger partial charge in [-0.1, -0.05) is 35.3 Å². The van der Waals surface area contributed by atoms with Crippen molar-refractivity contribution in [3.8, 4) is 17.6 Å². The summed E-state index contributed by atoms with van der Waals surface area (Å²) in [7, 11) is 0. The second-order valence-corrected chi connectivity index (χ2v) is 6.41. The highest BCUT2D eigenvalue weighted by molar-refractivity contribution is 6.32. The van der Waals surface area contributed by atoms with Crippen molar-refractivity contribution in [3.63, 3.8) is 0 Å². The number of hydrogen-bond donors (Lipinski definition) is 0. The Balaban J connectivity index is 2.31. The molecule has 2 aromatic rings. The molecule has 0 radical (unpaired) electrons. The summed E-state index contributed by atoms with van der Waals surface area (Å²) in [4.78, 5) is 11.8. The molecular weight excluding hydrogens is 401 g/mol. The summed E-state index contributed by atoms with van der Waals surface area (Å²) in [5, 5.41) is 10.1. The lowest BCUT2D eigenvalue weighted by Gasteiger charge is -2.15. The predicted molar refractivity (Wildman–Crippen MR) is 109 cm³/mol. The van der Waals surface area contributed by atoms with Crippen molar-refractivity contribution in [1.82, 2.24) is 0 Å². The fourth-order valence-electron chi connectivity index (χ4n) is 2.32. The van der Waals surface area contributed by atoms with Gasteiger partial charge in [0.15, 0.2) is 11.5 Å². The first-order chi connectivity index (χ1) is 13.5. The van der Waals surface area contributed by atoms with Crippen LogP contribution in [0.15, 0.2) is 42.0 Å². The van der Waals surface area contributed by atoms with E-state index in [0.29, 0.717) is 33.7 Å². The average Bonchev–Trinajstić information content (AvgIpc) is 2.67. The first-order valence-corrected chi connectivity index (χ1v) is 9.36. The van der Waals surface area contributed by atoms with Crippen LogP contribution in [0.25, 0.3) is 6.08 Å². The molecule has 0 aliphatic carbocycles. The Hall–Kier alpha value is -2.68. The van der Waals surface area contributed by atoms with Gasteiger partial charge in [0.2, 0.25) is 0 Å². The number of nitriles is 1. The molecule has 0 amide bonds. The lowest BCUT2D eigenvalue weighted by molar-refractivity contribution is -0.137. The van der Waals surface area contributed by atoms with Crippen molar-refractivity contribution >= 4 is 35.2 Å². The topological polar surface area (TPSA) is 68.6 Å². The molecule has 2 aromatic carbocycles. The van der Waals surface area contributed by atoms with E-state index in [1.807, 2.05) is 25.1 Å². The number of carbonyl (C=O) groups is 1. The second kappa shape index (κ2) is 10.6. The summed E-state index contributed by atoms with van der Waals surface area (Å²) < 4.78 is 16.3. The Bertz CT molecular complexity index is 902. The Labute approximate surface area is 174 Å². The van der Waals surface area contributed by atoms with Crippen molar-refractivity contribution in [3.05, 3.63) is 63.1 Å². The number of nitrogens with zero attached hydrogens (tertiary/aromatic N) is 1. The van der Waals surface area contributed by atoms with Gasteiger partial charge in [-0.05, 0) is 55.3 Å². The zero-order valence-corrected chi connectivity index (χ0v) is 17.0. The molecule has 0 saturated heterocycles. The SMILES string of the molecule is CCOC(=O)/C(C#N)=C/c1cc(Cl)c(OCc2ccc(Cl)cc2)c(OCC)c1. The third kappa shape index (κ3) is 5.91. The van der Waals surface area contributed by atoms with Crippen LogP contribution in [-0.4, -0.2) is 19.2 Å². The molecule has 0 spiro atoms. The van der Waals surface area contributed by atoms with Gasteiger partial charge >= 0.3 is 5.97 Å². The van der Waals surface area contributed by atoms with Gasteiger partial charge in [0.25, 0.3) is 0 Å². The molecule has 0 N–H and O–H groups in total. The van der Waals surface area contributed by atoms with E-state index in [1.165, 1.54) is 6.08 Å². The maximum absolute atomic E-state index is 11.8. The highest BCUT2D eigenvalue weighted by Crippen LogP contribution is 2.38. The lowest BCUT2D eigenvalue weighted by Crippen LogP contribution is -2.06. The van der Waals surface area contributed by atoms with Gasteiger partial charge in [-0.25, -0.2) is 4.79 Å². The van der Waals surface area contributed by atoms with Gasteiger partial charge < -0.3 is 14.2 Å². The molecule has 0 bridgehead atoms. The molecular formula is C21H19Cl2NO4. The number of esters is 1. The Morgan fingerprint density at radius 1 is 1.11 bits per heavy atom.